The number of rotatable bonds is 7. The molecular weight excluding hydrogens is 250 g/mol. The lowest BCUT2D eigenvalue weighted by Gasteiger charge is -2.34. The summed E-state index contributed by atoms with van der Waals surface area (Å²) in [5.74, 6) is 1.62. The van der Waals surface area contributed by atoms with Gasteiger partial charge in [-0.3, -0.25) is 0 Å². The molecule has 1 atom stereocenters. The van der Waals surface area contributed by atoms with Crippen LogP contribution < -0.4 is 10.2 Å². The van der Waals surface area contributed by atoms with Gasteiger partial charge in [0.1, 0.15) is 5.82 Å². The molecule has 1 fully saturated rings. The summed E-state index contributed by atoms with van der Waals surface area (Å²) in [6.45, 7) is 6.36. The molecule has 20 heavy (non-hydrogen) atoms. The van der Waals surface area contributed by atoms with Gasteiger partial charge in [0.2, 0.25) is 0 Å². The monoisotopic (exact) mass is 277 g/mol. The second-order valence-corrected chi connectivity index (χ2v) is 6.00. The number of hydrogen-bond acceptors (Lipinski definition) is 4. The van der Waals surface area contributed by atoms with E-state index >= 15 is 0 Å². The number of aliphatic hydroxyl groups is 1. The normalized spacial score (nSPS) is 23.2. The Bertz CT molecular complexity index is 401. The zero-order valence-electron chi connectivity index (χ0n) is 12.8. The van der Waals surface area contributed by atoms with Crippen LogP contribution in [0.15, 0.2) is 18.3 Å². The van der Waals surface area contributed by atoms with Gasteiger partial charge in [-0.25, -0.2) is 4.98 Å². The van der Waals surface area contributed by atoms with Gasteiger partial charge >= 0.3 is 0 Å². The highest BCUT2D eigenvalue weighted by Crippen LogP contribution is 2.28. The maximum Gasteiger partial charge on any atom is 0.128 e. The third-order valence-corrected chi connectivity index (χ3v) is 4.11. The van der Waals surface area contributed by atoms with E-state index in [0.717, 1.165) is 38.2 Å². The maximum absolute atomic E-state index is 9.33. The first kappa shape index (κ1) is 15.3. The molecule has 0 aliphatic heterocycles. The van der Waals surface area contributed by atoms with E-state index in [0.29, 0.717) is 12.0 Å². The fourth-order valence-electron chi connectivity index (χ4n) is 2.69. The van der Waals surface area contributed by atoms with Gasteiger partial charge in [0.15, 0.2) is 0 Å². The molecule has 1 aromatic rings. The molecule has 4 heteroatoms. The van der Waals surface area contributed by atoms with Gasteiger partial charge in [0, 0.05) is 25.8 Å². The van der Waals surface area contributed by atoms with Crippen molar-refractivity contribution in [1.29, 1.82) is 0 Å². The second kappa shape index (κ2) is 7.04. The highest BCUT2D eigenvalue weighted by molar-refractivity contribution is 5.39. The Balaban J connectivity index is 1.86. The average Bonchev–Trinajstić information content (AvgIpc) is 2.43. The molecular formula is C16H27N3O. The van der Waals surface area contributed by atoms with Crippen molar-refractivity contribution in [1.82, 2.24) is 10.3 Å². The quantitative estimate of drug-likeness (QED) is 0.803. The van der Waals surface area contributed by atoms with E-state index in [9.17, 15) is 5.11 Å². The van der Waals surface area contributed by atoms with Crippen molar-refractivity contribution in [3.8, 4) is 0 Å². The van der Waals surface area contributed by atoms with E-state index in [4.69, 9.17) is 0 Å². The molecule has 1 aliphatic carbocycles. The van der Waals surface area contributed by atoms with E-state index < -0.39 is 0 Å². The Morgan fingerprint density at radius 1 is 1.45 bits per heavy atom. The summed E-state index contributed by atoms with van der Waals surface area (Å²) < 4.78 is 0. The molecule has 0 aromatic carbocycles. The Hall–Kier alpha value is -1.13. The standard InChI is InChI=1S/C16H27N3O/c1-4-7-17-12(2)14-5-6-16(18-10-14)19(3)11-13-8-15(20)9-13/h5-6,10,12-13,15,17,20H,4,7-9,11H2,1-3H3. The van der Waals surface area contributed by atoms with Crippen LogP contribution in [0.3, 0.4) is 0 Å². The van der Waals surface area contributed by atoms with Gasteiger partial charge in [0.25, 0.3) is 0 Å². The van der Waals surface area contributed by atoms with Crippen LogP contribution in [0.1, 0.15) is 44.7 Å². The van der Waals surface area contributed by atoms with Crippen molar-refractivity contribution < 1.29 is 5.11 Å². The first-order valence-electron chi connectivity index (χ1n) is 7.68. The van der Waals surface area contributed by atoms with Crippen LogP contribution in [0.25, 0.3) is 0 Å². The molecule has 2 rings (SSSR count). The fraction of sp³-hybridized carbons (Fsp3) is 0.688. The van der Waals surface area contributed by atoms with E-state index in [2.05, 4.69) is 48.2 Å². The van der Waals surface area contributed by atoms with Crippen LogP contribution in [0.5, 0.6) is 0 Å². The van der Waals surface area contributed by atoms with E-state index in [-0.39, 0.29) is 6.10 Å². The molecule has 0 amide bonds. The number of nitrogens with zero attached hydrogens (tertiary/aromatic N) is 2. The highest BCUT2D eigenvalue weighted by Gasteiger charge is 2.28. The predicted octanol–water partition coefficient (Wildman–Crippen LogP) is 2.35. The minimum Gasteiger partial charge on any atom is -0.393 e. The predicted molar refractivity (Wildman–Crippen MR) is 82.9 cm³/mol. The van der Waals surface area contributed by atoms with Crippen molar-refractivity contribution in [2.24, 2.45) is 5.92 Å². The summed E-state index contributed by atoms with van der Waals surface area (Å²) >= 11 is 0. The summed E-state index contributed by atoms with van der Waals surface area (Å²) in [7, 11) is 2.07. The average molecular weight is 277 g/mol. The SMILES string of the molecule is CCCNC(C)c1ccc(N(C)CC2CC(O)C2)nc1. The van der Waals surface area contributed by atoms with Crippen LogP contribution in [0.4, 0.5) is 5.82 Å². The molecule has 1 heterocycles. The minimum atomic E-state index is -0.0748. The lowest BCUT2D eigenvalue weighted by molar-refractivity contribution is 0.0464. The molecule has 1 aliphatic rings. The van der Waals surface area contributed by atoms with Crippen LogP contribution in [0, 0.1) is 5.92 Å². The Morgan fingerprint density at radius 3 is 2.75 bits per heavy atom. The Morgan fingerprint density at radius 2 is 2.20 bits per heavy atom. The Kier molecular flexibility index (Phi) is 5.38. The third-order valence-electron chi connectivity index (χ3n) is 4.11. The smallest absolute Gasteiger partial charge is 0.128 e. The Labute approximate surface area is 122 Å². The summed E-state index contributed by atoms with van der Waals surface area (Å²) in [5, 5.41) is 12.8. The summed E-state index contributed by atoms with van der Waals surface area (Å²) in [5.41, 5.74) is 1.23. The topological polar surface area (TPSA) is 48.4 Å². The van der Waals surface area contributed by atoms with Crippen molar-refractivity contribution in [3.63, 3.8) is 0 Å². The molecule has 2 N–H and O–H groups in total. The molecule has 1 aromatic heterocycles. The van der Waals surface area contributed by atoms with Gasteiger partial charge in [0.05, 0.1) is 6.10 Å². The largest absolute Gasteiger partial charge is 0.393 e. The van der Waals surface area contributed by atoms with Gasteiger partial charge in [-0.1, -0.05) is 13.0 Å². The molecule has 0 bridgehead atoms. The van der Waals surface area contributed by atoms with Gasteiger partial charge in [-0.15, -0.1) is 0 Å². The first-order valence-corrected chi connectivity index (χ1v) is 7.68. The van der Waals surface area contributed by atoms with Crippen molar-refractivity contribution in [2.45, 2.75) is 45.3 Å². The molecule has 1 unspecified atom stereocenters. The van der Waals surface area contributed by atoms with Crippen molar-refractivity contribution in [3.05, 3.63) is 23.9 Å². The van der Waals surface area contributed by atoms with E-state index in [1.807, 2.05) is 6.20 Å². The first-order chi connectivity index (χ1) is 9.60. The second-order valence-electron chi connectivity index (χ2n) is 6.00. The summed E-state index contributed by atoms with van der Waals surface area (Å²) in [6, 6.07) is 4.60. The van der Waals surface area contributed by atoms with Crippen LogP contribution in [0.2, 0.25) is 0 Å². The van der Waals surface area contributed by atoms with Gasteiger partial charge in [-0.05, 0) is 50.3 Å². The van der Waals surface area contributed by atoms with Crippen LogP contribution in [-0.4, -0.2) is 36.3 Å². The lowest BCUT2D eigenvalue weighted by atomic mass is 9.82. The third kappa shape index (κ3) is 3.93. The molecule has 0 spiro atoms. The van der Waals surface area contributed by atoms with Crippen LogP contribution in [-0.2, 0) is 0 Å². The number of aliphatic hydroxyl groups excluding tert-OH is 1. The zero-order valence-corrected chi connectivity index (χ0v) is 12.8. The number of aromatic nitrogens is 1. The van der Waals surface area contributed by atoms with Crippen molar-refractivity contribution in [2.75, 3.05) is 25.0 Å². The zero-order chi connectivity index (χ0) is 14.5. The minimum absolute atomic E-state index is 0.0748. The number of hydrogen-bond donors (Lipinski definition) is 2. The van der Waals surface area contributed by atoms with Gasteiger partial charge < -0.3 is 15.3 Å². The molecule has 0 saturated heterocycles. The van der Waals surface area contributed by atoms with Crippen LogP contribution >= 0.6 is 0 Å². The van der Waals surface area contributed by atoms with Gasteiger partial charge in [-0.2, -0.15) is 0 Å². The fourth-order valence-corrected chi connectivity index (χ4v) is 2.69. The number of anilines is 1. The molecule has 1 saturated carbocycles. The maximum atomic E-state index is 9.33. The molecule has 4 nitrogen and oxygen atoms in total. The highest BCUT2D eigenvalue weighted by atomic mass is 16.3. The molecule has 0 radical (unpaired) electrons. The number of nitrogens with one attached hydrogen (secondary N) is 1. The van der Waals surface area contributed by atoms with E-state index in [1.54, 1.807) is 0 Å². The molecule has 112 valence electrons. The van der Waals surface area contributed by atoms with E-state index in [1.165, 1.54) is 5.56 Å². The van der Waals surface area contributed by atoms with Crippen molar-refractivity contribution >= 4 is 5.82 Å². The summed E-state index contributed by atoms with van der Waals surface area (Å²) in [4.78, 5) is 6.75. The summed E-state index contributed by atoms with van der Waals surface area (Å²) in [6.07, 6.45) is 4.90. The number of pyridine rings is 1. The lowest BCUT2D eigenvalue weighted by Crippen LogP contribution is -2.37.